The predicted molar refractivity (Wildman–Crippen MR) is 177 cm³/mol. The second-order valence-corrected chi connectivity index (χ2v) is 14.6. The van der Waals surface area contributed by atoms with E-state index in [0.717, 1.165) is 21.6 Å². The average Bonchev–Trinajstić information content (AvgIpc) is 2.99. The number of sulfonamides is 1. The summed E-state index contributed by atoms with van der Waals surface area (Å²) in [7, 11) is -4.06. The highest BCUT2D eigenvalue weighted by Gasteiger charge is 2.30. The van der Waals surface area contributed by atoms with Gasteiger partial charge in [0.25, 0.3) is 0 Å². The molecular formula is C35H39FN4O6S. The molecule has 0 fully saturated rings. The summed E-state index contributed by atoms with van der Waals surface area (Å²) in [6, 6.07) is 20.4. The van der Waals surface area contributed by atoms with Crippen LogP contribution in [0.1, 0.15) is 58.8 Å². The average molecular weight is 663 g/mol. The van der Waals surface area contributed by atoms with Crippen molar-refractivity contribution in [3.63, 3.8) is 0 Å². The minimum absolute atomic E-state index is 0.0341. The first-order chi connectivity index (χ1) is 22.0. The number of esters is 1. The number of amides is 1. The summed E-state index contributed by atoms with van der Waals surface area (Å²) >= 11 is 0. The van der Waals surface area contributed by atoms with E-state index in [1.807, 2.05) is 24.3 Å². The van der Waals surface area contributed by atoms with Gasteiger partial charge in [-0.1, -0.05) is 42.5 Å². The van der Waals surface area contributed by atoms with Gasteiger partial charge in [0.1, 0.15) is 34.3 Å². The fourth-order valence-electron chi connectivity index (χ4n) is 4.52. The third-order valence-corrected chi connectivity index (χ3v) is 7.98. The van der Waals surface area contributed by atoms with Crippen LogP contribution in [0.5, 0.6) is 0 Å². The van der Waals surface area contributed by atoms with Crippen molar-refractivity contribution in [3.05, 3.63) is 108 Å². The van der Waals surface area contributed by atoms with Crippen LogP contribution in [0.3, 0.4) is 0 Å². The van der Waals surface area contributed by atoms with Crippen LogP contribution in [0, 0.1) is 5.82 Å². The quantitative estimate of drug-likeness (QED) is 0.188. The molecule has 0 radical (unpaired) electrons. The van der Waals surface area contributed by atoms with Crippen molar-refractivity contribution in [2.24, 2.45) is 0 Å². The number of carbonyl (C=O) groups is 2. The molecule has 10 nitrogen and oxygen atoms in total. The number of pyridine rings is 2. The lowest BCUT2D eigenvalue weighted by Gasteiger charge is -2.28. The first-order valence-electron chi connectivity index (χ1n) is 15.0. The van der Waals surface area contributed by atoms with Gasteiger partial charge in [-0.2, -0.15) is 0 Å². The monoisotopic (exact) mass is 662 g/mol. The number of nitrogens with one attached hydrogen (secondary N) is 1. The Hall–Kier alpha value is -4.68. The Kier molecular flexibility index (Phi) is 10.8. The van der Waals surface area contributed by atoms with E-state index in [4.69, 9.17) is 9.47 Å². The zero-order valence-electron chi connectivity index (χ0n) is 27.2. The number of benzene rings is 2. The van der Waals surface area contributed by atoms with E-state index in [9.17, 15) is 22.4 Å². The molecule has 0 bridgehead atoms. The summed E-state index contributed by atoms with van der Waals surface area (Å²) in [5, 5.41) is 0. The fraction of sp³-hybridized carbons (Fsp3) is 0.314. The van der Waals surface area contributed by atoms with E-state index in [1.165, 1.54) is 42.7 Å². The molecule has 0 aliphatic rings. The molecule has 2 heterocycles. The molecule has 0 spiro atoms. The zero-order valence-corrected chi connectivity index (χ0v) is 28.0. The van der Waals surface area contributed by atoms with Crippen LogP contribution in [0.25, 0.3) is 11.1 Å². The van der Waals surface area contributed by atoms with Crippen LogP contribution < -0.4 is 9.62 Å². The third kappa shape index (κ3) is 10.4. The molecule has 1 amide bonds. The van der Waals surface area contributed by atoms with Gasteiger partial charge in [-0.3, -0.25) is 14.7 Å². The number of ether oxygens (including phenoxy) is 2. The number of rotatable bonds is 10. The molecule has 1 unspecified atom stereocenters. The van der Waals surface area contributed by atoms with E-state index in [2.05, 4.69) is 14.7 Å². The Morgan fingerprint density at radius 1 is 0.851 bits per heavy atom. The zero-order chi connectivity index (χ0) is 34.4. The number of hydrogen-bond acceptors (Lipinski definition) is 8. The summed E-state index contributed by atoms with van der Waals surface area (Å²) in [6.07, 6.45) is 2.07. The summed E-state index contributed by atoms with van der Waals surface area (Å²) in [4.78, 5) is 35.8. The summed E-state index contributed by atoms with van der Waals surface area (Å²) in [6.45, 7) is 9.76. The number of halogens is 1. The molecule has 12 heteroatoms. The molecule has 0 saturated heterocycles. The minimum atomic E-state index is -4.06. The van der Waals surface area contributed by atoms with Crippen LogP contribution in [0.15, 0.2) is 96.2 Å². The van der Waals surface area contributed by atoms with E-state index < -0.39 is 45.9 Å². The maximum absolute atomic E-state index is 13.5. The van der Waals surface area contributed by atoms with Crippen molar-refractivity contribution in [1.82, 2.24) is 14.7 Å². The highest BCUT2D eigenvalue weighted by Crippen LogP contribution is 2.26. The van der Waals surface area contributed by atoms with Gasteiger partial charge in [0.05, 0.1) is 11.7 Å². The van der Waals surface area contributed by atoms with Gasteiger partial charge in [-0.25, -0.2) is 27.3 Å². The first kappa shape index (κ1) is 35.2. The Bertz CT molecular complexity index is 1790. The number of hydrogen-bond donors (Lipinski definition) is 1. The number of anilines is 1. The van der Waals surface area contributed by atoms with Crippen molar-refractivity contribution in [3.8, 4) is 11.1 Å². The summed E-state index contributed by atoms with van der Waals surface area (Å²) in [5.74, 6) is -0.939. The lowest BCUT2D eigenvalue weighted by Crippen LogP contribution is -2.42. The minimum Gasteiger partial charge on any atom is -0.459 e. The maximum atomic E-state index is 13.5. The lowest BCUT2D eigenvalue weighted by molar-refractivity contribution is -0.153. The van der Waals surface area contributed by atoms with Gasteiger partial charge in [-0.05, 0) is 101 Å². The smallest absolute Gasteiger partial charge is 0.416 e. The predicted octanol–water partition coefficient (Wildman–Crippen LogP) is 6.63. The summed E-state index contributed by atoms with van der Waals surface area (Å²) < 4.78 is 54.2. The van der Waals surface area contributed by atoms with E-state index in [-0.39, 0.29) is 28.6 Å². The van der Waals surface area contributed by atoms with E-state index in [1.54, 1.807) is 65.8 Å². The van der Waals surface area contributed by atoms with Crippen LogP contribution >= 0.6 is 0 Å². The SMILES string of the molecule is CC(C)(C)OC(=O)CN(C(=O)OC(C)(C)C)c1cccc(C(Cc2ccc(-c3ccc(F)cc3)cc2)NS(=O)(=O)c2cccnc2)n1. The van der Waals surface area contributed by atoms with Gasteiger partial charge < -0.3 is 9.47 Å². The molecule has 0 aliphatic heterocycles. The molecule has 47 heavy (non-hydrogen) atoms. The summed E-state index contributed by atoms with van der Waals surface area (Å²) in [5.41, 5.74) is 1.08. The second kappa shape index (κ2) is 14.4. The molecule has 4 aromatic rings. The molecule has 1 N–H and O–H groups in total. The topological polar surface area (TPSA) is 128 Å². The Balaban J connectivity index is 1.71. The molecule has 1 atom stereocenters. The number of carbonyl (C=O) groups excluding carboxylic acids is 2. The largest absolute Gasteiger partial charge is 0.459 e. The molecule has 2 aromatic carbocycles. The fourth-order valence-corrected chi connectivity index (χ4v) is 5.69. The first-order valence-corrected chi connectivity index (χ1v) is 16.4. The molecule has 4 rings (SSSR count). The Morgan fingerprint density at radius 2 is 1.47 bits per heavy atom. The molecule has 0 saturated carbocycles. The Morgan fingerprint density at radius 3 is 2.04 bits per heavy atom. The molecule has 248 valence electrons. The molecule has 0 aliphatic carbocycles. The Labute approximate surface area is 275 Å². The maximum Gasteiger partial charge on any atom is 0.416 e. The van der Waals surface area contributed by atoms with Gasteiger partial charge in [0, 0.05) is 12.4 Å². The van der Waals surface area contributed by atoms with Crippen LogP contribution in [0.4, 0.5) is 15.0 Å². The highest BCUT2D eigenvalue weighted by atomic mass is 32.2. The standard InChI is InChI=1S/C35H39FN4O6S/c1-34(2,3)45-32(41)23-40(33(42)46-35(4,5)6)31-11-7-10-29(38-31)30(39-47(43,44)28-9-8-20-37-22-28)21-24-12-14-25(15-13-24)26-16-18-27(36)19-17-26/h7-20,22,30,39H,21,23H2,1-6H3. The number of nitrogens with zero attached hydrogens (tertiary/aromatic N) is 3. The van der Waals surface area contributed by atoms with Gasteiger partial charge in [-0.15, -0.1) is 0 Å². The third-order valence-electron chi connectivity index (χ3n) is 6.52. The van der Waals surface area contributed by atoms with Gasteiger partial charge in [0.15, 0.2) is 0 Å². The van der Waals surface area contributed by atoms with Crippen LogP contribution in [-0.4, -0.2) is 48.2 Å². The highest BCUT2D eigenvalue weighted by molar-refractivity contribution is 7.89. The van der Waals surface area contributed by atoms with Crippen molar-refractivity contribution >= 4 is 27.9 Å². The second-order valence-electron chi connectivity index (χ2n) is 12.8. The van der Waals surface area contributed by atoms with Gasteiger partial charge in [0.2, 0.25) is 10.0 Å². The normalized spacial score (nSPS) is 12.7. The van der Waals surface area contributed by atoms with E-state index >= 15 is 0 Å². The van der Waals surface area contributed by atoms with Crippen molar-refractivity contribution < 1.29 is 31.9 Å². The van der Waals surface area contributed by atoms with Crippen molar-refractivity contribution in [2.75, 3.05) is 11.4 Å². The number of aromatic nitrogens is 2. The lowest BCUT2D eigenvalue weighted by atomic mass is 9.99. The van der Waals surface area contributed by atoms with Crippen LogP contribution in [-0.2, 0) is 30.7 Å². The molecule has 2 aromatic heterocycles. The van der Waals surface area contributed by atoms with Crippen molar-refractivity contribution in [1.29, 1.82) is 0 Å². The van der Waals surface area contributed by atoms with Crippen molar-refractivity contribution in [2.45, 2.75) is 70.1 Å². The van der Waals surface area contributed by atoms with Crippen LogP contribution in [0.2, 0.25) is 0 Å². The van der Waals surface area contributed by atoms with Gasteiger partial charge >= 0.3 is 12.1 Å². The molecular weight excluding hydrogens is 623 g/mol. The van der Waals surface area contributed by atoms with E-state index in [0.29, 0.717) is 0 Å².